The number of ether oxygens (including phenoxy) is 2. The van der Waals surface area contributed by atoms with Gasteiger partial charge in [0.15, 0.2) is 11.6 Å². The number of anilines is 3. The number of nitrogen functional groups attached to an aromatic ring is 1. The molecule has 1 radical (unpaired) electrons. The Morgan fingerprint density at radius 1 is 0.845 bits per heavy atom. The predicted molar refractivity (Wildman–Crippen MR) is 222 cm³/mol. The van der Waals surface area contributed by atoms with Gasteiger partial charge >= 0.3 is 19.6 Å². The Balaban J connectivity index is 0.000000323. The van der Waals surface area contributed by atoms with Crippen LogP contribution in [0.4, 0.5) is 17.3 Å². The molecule has 2 heterocycles. The first-order valence-corrected chi connectivity index (χ1v) is 18.8. The second-order valence-corrected chi connectivity index (χ2v) is 14.4. The Labute approximate surface area is 355 Å². The fourth-order valence-electron chi connectivity index (χ4n) is 6.33. The zero-order valence-electron chi connectivity index (χ0n) is 32.7. The Bertz CT molecular complexity index is 2210. The van der Waals surface area contributed by atoms with E-state index in [9.17, 15) is 24.4 Å². The van der Waals surface area contributed by atoms with E-state index in [1.54, 1.807) is 45.9 Å². The summed E-state index contributed by atoms with van der Waals surface area (Å²) in [5, 5.41) is 38.2. The minimum absolute atomic E-state index is 0. The highest BCUT2D eigenvalue weighted by atomic mass is 79.9. The Hall–Kier alpha value is -5.90. The summed E-state index contributed by atoms with van der Waals surface area (Å²) in [5.74, 6) is -1.41. The van der Waals surface area contributed by atoms with Gasteiger partial charge in [-0.3, -0.25) is 19.0 Å². The molecule has 0 spiro atoms. The summed E-state index contributed by atoms with van der Waals surface area (Å²) < 4.78 is 28.3. The smallest absolute Gasteiger partial charge is 0.537 e. The van der Waals surface area contributed by atoms with E-state index in [0.29, 0.717) is 45.0 Å². The number of nitrogens with one attached hydrogen (secondary N) is 1. The quantitative estimate of drug-likeness (QED) is 0.0957. The molecule has 2 aliphatic rings. The molecule has 21 heteroatoms. The second-order valence-electron chi connectivity index (χ2n) is 12.6. The molecule has 58 heavy (non-hydrogen) atoms. The lowest BCUT2D eigenvalue weighted by Crippen LogP contribution is -2.14. The number of primary amides is 2. The van der Waals surface area contributed by atoms with Crippen molar-refractivity contribution >= 4 is 80.6 Å². The molecule has 2 aliphatic carbocycles. The van der Waals surface area contributed by atoms with Gasteiger partial charge in [-0.1, -0.05) is 7.43 Å². The van der Waals surface area contributed by atoms with Gasteiger partial charge in [0.05, 0.1) is 61.4 Å². The first-order chi connectivity index (χ1) is 28.3. The number of methoxy groups -OCH3 is 2. The van der Waals surface area contributed by atoms with Gasteiger partial charge in [-0.15, -0.1) is 0 Å². The van der Waals surface area contributed by atoms with Crippen molar-refractivity contribution in [2.24, 2.45) is 23.3 Å². The molecule has 2 fully saturated rings. The summed E-state index contributed by atoms with van der Waals surface area (Å²) in [4.78, 5) is 45.7. The van der Waals surface area contributed by atoms with Crippen molar-refractivity contribution in [3.8, 4) is 17.9 Å². The zero-order valence-corrected chi connectivity index (χ0v) is 33.9. The normalized spacial score (nSPS) is 17.8. The fraction of sp³-hybridized carbons (Fsp3) is 0.351. The molecule has 4 aromatic rings. The van der Waals surface area contributed by atoms with Gasteiger partial charge in [-0.05, 0) is 107 Å². The van der Waals surface area contributed by atoms with Crippen molar-refractivity contribution in [1.82, 2.24) is 19.6 Å². The second kappa shape index (κ2) is 21.6. The Morgan fingerprint density at radius 2 is 1.34 bits per heavy atom. The number of nitriles is 2. The molecule has 18 nitrogen and oxygen atoms in total. The van der Waals surface area contributed by atoms with Crippen LogP contribution in [0.3, 0.4) is 0 Å². The van der Waals surface area contributed by atoms with Crippen molar-refractivity contribution in [2.75, 3.05) is 25.3 Å². The third-order valence-electron chi connectivity index (χ3n) is 9.17. The summed E-state index contributed by atoms with van der Waals surface area (Å²) in [6.45, 7) is 0. The molecule has 0 bridgehead atoms. The van der Waals surface area contributed by atoms with Crippen molar-refractivity contribution in [3.63, 3.8) is 0 Å². The maximum Gasteiger partial charge on any atom is 0.569 e. The molecule has 2 amide bonds. The van der Waals surface area contributed by atoms with Crippen LogP contribution in [-0.2, 0) is 9.47 Å². The number of esters is 2. The molecule has 6 rings (SSSR count). The zero-order chi connectivity index (χ0) is 43.8. The average Bonchev–Trinajstić information content (AvgIpc) is 4.05. The summed E-state index contributed by atoms with van der Waals surface area (Å²) in [6, 6.07) is 14.1. The maximum atomic E-state index is 11.8. The largest absolute Gasteiger partial charge is 0.569 e. The molecular weight excluding hydrogens is 883 g/mol. The minimum atomic E-state index is -0.611. The van der Waals surface area contributed by atoms with Crippen LogP contribution in [-0.4, -0.2) is 70.2 Å². The third-order valence-corrected chi connectivity index (χ3v) is 10.5. The summed E-state index contributed by atoms with van der Waals surface area (Å²) in [5.41, 5.74) is 18.1. The Kier molecular flexibility index (Phi) is 16.7. The van der Waals surface area contributed by atoms with Gasteiger partial charge in [0.2, 0.25) is 0 Å². The molecule has 8 N–H and O–H groups in total. The van der Waals surface area contributed by atoms with E-state index in [1.165, 1.54) is 26.5 Å². The number of halogens is 2. The van der Waals surface area contributed by atoms with Crippen LogP contribution in [0, 0.1) is 34.5 Å². The van der Waals surface area contributed by atoms with Gasteiger partial charge in [-0.2, -0.15) is 20.7 Å². The molecule has 4 atom stereocenters. The monoisotopic (exact) mass is 927 g/mol. The lowest BCUT2D eigenvalue weighted by Gasteiger charge is -2.13. The van der Waals surface area contributed by atoms with E-state index in [0.717, 1.165) is 38.5 Å². The van der Waals surface area contributed by atoms with E-state index in [1.807, 2.05) is 0 Å². The van der Waals surface area contributed by atoms with Crippen LogP contribution >= 0.6 is 31.9 Å². The average molecular weight is 929 g/mol. The number of aromatic nitrogens is 4. The number of benzene rings is 2. The molecule has 2 aromatic heterocycles. The molecule has 307 valence electrons. The highest BCUT2D eigenvalue weighted by Crippen LogP contribution is 2.37. The molecular formula is C37H44BBr2N10O8. The van der Waals surface area contributed by atoms with E-state index in [4.69, 9.17) is 39.8 Å². The topological polar surface area (TPSA) is 290 Å². The summed E-state index contributed by atoms with van der Waals surface area (Å²) in [7, 11) is 3.19. The van der Waals surface area contributed by atoms with Gasteiger partial charge in [0.1, 0.15) is 16.9 Å². The molecule has 0 saturated heterocycles. The van der Waals surface area contributed by atoms with Crippen LogP contribution in [0.1, 0.15) is 102 Å². The van der Waals surface area contributed by atoms with Crippen molar-refractivity contribution in [1.29, 1.82) is 10.5 Å². The first kappa shape index (κ1) is 44.8. The standard InChI is InChI=1S/C18H18BrN5O3.C10H13N5O.C8H7BBrO4.CH4.H2/c1-27-18(26)12-6-5-11(7-14(12)19)22-17-13(16(21)25)9-24(23-17)15-4-2-3-10(15)8-20;11-4-6-2-1-3-8(6)15-5-7(10(13)16)9(12)14-15;1-13-8(11)6-3-2-5(14-9-12)4-7(6)10;;/h5-7,9-10,15H,2-4H2,1H3,(H2,21,25)(H,22,23);5-6,8H,1-3H2,(H2,12,14)(H2,13,16);2-4,12H,1H3;1H4;1H/t10-,15?;6-,8?;;;/m11.../s1/i;;;;1+1D. The van der Waals surface area contributed by atoms with E-state index in [-0.39, 0.29) is 48.3 Å². The van der Waals surface area contributed by atoms with Crippen molar-refractivity contribution in [3.05, 3.63) is 80.0 Å². The highest BCUT2D eigenvalue weighted by molar-refractivity contribution is 9.10. The SMILES string of the molecule is C.COC(=O)c1ccc(Nc2nn(C3CCC[C@@H]3C#N)cc2C(N)=O)cc1Br.COC(=O)c1ccc(O[B]O)cc1Br.N#C[C@H]1CCCC1n1cc(C(N)=O)c(N)n1.[2H][2H]. The van der Waals surface area contributed by atoms with Crippen LogP contribution < -0.4 is 27.2 Å². The third kappa shape index (κ3) is 11.4. The van der Waals surface area contributed by atoms with E-state index < -0.39 is 23.8 Å². The minimum Gasteiger partial charge on any atom is -0.537 e. The van der Waals surface area contributed by atoms with Gasteiger partial charge in [0.25, 0.3) is 11.8 Å². The summed E-state index contributed by atoms with van der Waals surface area (Å²) in [6.07, 6.45) is 8.47. The highest BCUT2D eigenvalue weighted by Gasteiger charge is 2.32. The number of carbonyl (C=O) groups excluding carboxylic acids is 4. The molecule has 0 aliphatic heterocycles. The fourth-order valence-corrected chi connectivity index (χ4v) is 7.39. The van der Waals surface area contributed by atoms with E-state index >= 15 is 0 Å². The van der Waals surface area contributed by atoms with Gasteiger partial charge < -0.3 is 41.7 Å². The maximum absolute atomic E-state index is 11.8. The molecule has 2 unspecified atom stereocenters. The van der Waals surface area contributed by atoms with Crippen LogP contribution in [0.5, 0.6) is 5.75 Å². The number of carbonyl (C=O) groups is 4. The number of nitrogens with two attached hydrogens (primary N) is 3. The predicted octanol–water partition coefficient (Wildman–Crippen LogP) is 5.59. The van der Waals surface area contributed by atoms with Crippen LogP contribution in [0.2, 0.25) is 0 Å². The van der Waals surface area contributed by atoms with Crippen LogP contribution in [0.25, 0.3) is 0 Å². The molecule has 2 aromatic carbocycles. The number of hydrogen-bond donors (Lipinski definition) is 5. The summed E-state index contributed by atoms with van der Waals surface area (Å²) >= 11 is 6.51. The lowest BCUT2D eigenvalue weighted by molar-refractivity contribution is 0.0591. The van der Waals surface area contributed by atoms with Gasteiger partial charge in [0, 0.05) is 30.0 Å². The first-order valence-electron chi connectivity index (χ1n) is 18.2. The lowest BCUT2D eigenvalue weighted by atomic mass is 10.1. The van der Waals surface area contributed by atoms with E-state index in [2.05, 4.69) is 64.2 Å². The molecule has 2 saturated carbocycles. The number of hydrogen-bond acceptors (Lipinski definition) is 14. The number of rotatable bonds is 10. The van der Waals surface area contributed by atoms with Crippen molar-refractivity contribution in [2.45, 2.75) is 58.0 Å². The Morgan fingerprint density at radius 3 is 1.79 bits per heavy atom. The number of amides is 2. The van der Waals surface area contributed by atoms with Crippen molar-refractivity contribution < 1.29 is 41.3 Å². The number of nitrogens with zero attached hydrogens (tertiary/aromatic N) is 6. The van der Waals surface area contributed by atoms with Crippen LogP contribution in [0.15, 0.2) is 57.7 Å². The van der Waals surface area contributed by atoms with Gasteiger partial charge in [-0.25, -0.2) is 9.59 Å².